The number of rotatable bonds is 4. The number of halogens is 1. The van der Waals surface area contributed by atoms with Crippen molar-refractivity contribution in [3.8, 4) is 0 Å². The van der Waals surface area contributed by atoms with Crippen molar-refractivity contribution in [3.63, 3.8) is 0 Å². The highest BCUT2D eigenvalue weighted by Gasteiger charge is 2.39. The number of likely N-dealkylation sites (tertiary alicyclic amines) is 1. The van der Waals surface area contributed by atoms with E-state index in [2.05, 4.69) is 27.4 Å². The van der Waals surface area contributed by atoms with Crippen LogP contribution >= 0.6 is 24.0 Å². The SMILES string of the molecule is CCNC(=NCCNC(C)=O)N1CCC2(CCCCC2)C1.I. The van der Waals surface area contributed by atoms with Gasteiger partial charge in [-0.15, -0.1) is 24.0 Å². The molecule has 0 radical (unpaired) electrons. The molecule has 1 aliphatic carbocycles. The summed E-state index contributed by atoms with van der Waals surface area (Å²) < 4.78 is 0. The minimum Gasteiger partial charge on any atom is -0.357 e. The third-order valence-electron chi connectivity index (χ3n) is 4.73. The van der Waals surface area contributed by atoms with Crippen molar-refractivity contribution in [1.29, 1.82) is 0 Å². The Bertz CT molecular complexity index is 380. The molecule has 1 aliphatic heterocycles. The van der Waals surface area contributed by atoms with Crippen LogP contribution in [0.25, 0.3) is 0 Å². The molecule has 2 N–H and O–H groups in total. The number of guanidine groups is 1. The van der Waals surface area contributed by atoms with E-state index in [1.807, 2.05) is 0 Å². The lowest BCUT2D eigenvalue weighted by Gasteiger charge is -2.33. The highest BCUT2D eigenvalue weighted by molar-refractivity contribution is 14.0. The second-order valence-electron chi connectivity index (χ2n) is 6.45. The number of carbonyl (C=O) groups is 1. The van der Waals surface area contributed by atoms with Crippen LogP contribution in [0.2, 0.25) is 0 Å². The van der Waals surface area contributed by atoms with Crippen LogP contribution in [-0.4, -0.2) is 49.5 Å². The largest absolute Gasteiger partial charge is 0.357 e. The Kier molecular flexibility index (Phi) is 8.49. The molecule has 0 unspecified atom stereocenters. The topological polar surface area (TPSA) is 56.7 Å². The normalized spacial score (nSPS) is 20.6. The summed E-state index contributed by atoms with van der Waals surface area (Å²) >= 11 is 0. The Morgan fingerprint density at radius 3 is 2.55 bits per heavy atom. The minimum absolute atomic E-state index is 0. The molecule has 1 spiro atoms. The first kappa shape index (κ1) is 19.5. The molecule has 0 aromatic heterocycles. The quantitative estimate of drug-likeness (QED) is 0.317. The van der Waals surface area contributed by atoms with Crippen molar-refractivity contribution in [3.05, 3.63) is 0 Å². The van der Waals surface area contributed by atoms with Crippen LogP contribution in [0.15, 0.2) is 4.99 Å². The van der Waals surface area contributed by atoms with Gasteiger partial charge in [0.2, 0.25) is 5.91 Å². The van der Waals surface area contributed by atoms with Crippen molar-refractivity contribution in [2.45, 2.75) is 52.4 Å². The van der Waals surface area contributed by atoms with E-state index in [0.29, 0.717) is 18.5 Å². The lowest BCUT2D eigenvalue weighted by atomic mass is 9.73. The van der Waals surface area contributed by atoms with Crippen LogP contribution in [-0.2, 0) is 4.79 Å². The van der Waals surface area contributed by atoms with Gasteiger partial charge in [0, 0.05) is 33.1 Å². The second-order valence-corrected chi connectivity index (χ2v) is 6.45. The van der Waals surface area contributed by atoms with Gasteiger partial charge in [-0.05, 0) is 31.6 Å². The lowest BCUT2D eigenvalue weighted by molar-refractivity contribution is -0.118. The zero-order chi connectivity index (χ0) is 15.1. The molecule has 1 saturated heterocycles. The van der Waals surface area contributed by atoms with Crippen molar-refractivity contribution >= 4 is 35.8 Å². The van der Waals surface area contributed by atoms with Crippen LogP contribution < -0.4 is 10.6 Å². The number of hydrogen-bond acceptors (Lipinski definition) is 2. The van der Waals surface area contributed by atoms with Crippen molar-refractivity contribution < 1.29 is 4.79 Å². The summed E-state index contributed by atoms with van der Waals surface area (Å²) in [6, 6.07) is 0. The molecule has 5 nitrogen and oxygen atoms in total. The van der Waals surface area contributed by atoms with Crippen LogP contribution in [0.4, 0.5) is 0 Å². The van der Waals surface area contributed by atoms with Gasteiger partial charge in [-0.1, -0.05) is 19.3 Å². The maximum absolute atomic E-state index is 10.9. The summed E-state index contributed by atoms with van der Waals surface area (Å²) in [6.07, 6.45) is 8.27. The number of nitrogens with one attached hydrogen (secondary N) is 2. The van der Waals surface area contributed by atoms with Crippen LogP contribution in [0.1, 0.15) is 52.4 Å². The smallest absolute Gasteiger partial charge is 0.216 e. The van der Waals surface area contributed by atoms with E-state index >= 15 is 0 Å². The summed E-state index contributed by atoms with van der Waals surface area (Å²) in [5.41, 5.74) is 0.548. The van der Waals surface area contributed by atoms with Crippen molar-refractivity contribution in [2.24, 2.45) is 10.4 Å². The highest BCUT2D eigenvalue weighted by Crippen LogP contribution is 2.43. The van der Waals surface area contributed by atoms with Gasteiger partial charge in [0.25, 0.3) is 0 Å². The first-order chi connectivity index (χ1) is 10.2. The molecule has 1 saturated carbocycles. The summed E-state index contributed by atoms with van der Waals surface area (Å²) in [6.45, 7) is 8.07. The molecule has 1 heterocycles. The lowest BCUT2D eigenvalue weighted by Crippen LogP contribution is -2.42. The van der Waals surface area contributed by atoms with E-state index in [1.54, 1.807) is 6.92 Å². The fourth-order valence-corrected chi connectivity index (χ4v) is 3.65. The molecule has 2 rings (SSSR count). The van der Waals surface area contributed by atoms with E-state index in [9.17, 15) is 4.79 Å². The molecule has 0 atom stereocenters. The van der Waals surface area contributed by atoms with Gasteiger partial charge >= 0.3 is 0 Å². The van der Waals surface area contributed by atoms with Gasteiger partial charge in [0.15, 0.2) is 5.96 Å². The predicted octanol–water partition coefficient (Wildman–Crippen LogP) is 2.36. The first-order valence-corrected chi connectivity index (χ1v) is 8.43. The zero-order valence-corrected chi connectivity index (χ0v) is 16.3. The van der Waals surface area contributed by atoms with E-state index in [4.69, 9.17) is 0 Å². The van der Waals surface area contributed by atoms with Crippen LogP contribution in [0, 0.1) is 5.41 Å². The fraction of sp³-hybridized carbons (Fsp3) is 0.875. The Morgan fingerprint density at radius 1 is 1.18 bits per heavy atom. The average molecular weight is 422 g/mol. The average Bonchev–Trinajstić information content (AvgIpc) is 2.86. The summed E-state index contributed by atoms with van der Waals surface area (Å²) in [7, 11) is 0. The van der Waals surface area contributed by atoms with Gasteiger partial charge in [0.1, 0.15) is 0 Å². The standard InChI is InChI=1S/C16H30N4O.HI/c1-3-17-15(19-11-10-18-14(2)21)20-12-9-16(13-20)7-5-4-6-8-16;/h3-13H2,1-2H3,(H,17,19)(H,18,21);1H. The van der Waals surface area contributed by atoms with E-state index < -0.39 is 0 Å². The molecule has 2 fully saturated rings. The number of carbonyl (C=O) groups excluding carboxylic acids is 1. The molecule has 128 valence electrons. The zero-order valence-electron chi connectivity index (χ0n) is 14.0. The predicted molar refractivity (Wildman–Crippen MR) is 102 cm³/mol. The summed E-state index contributed by atoms with van der Waals surface area (Å²) in [5, 5.41) is 6.20. The third-order valence-corrected chi connectivity index (χ3v) is 4.73. The molecule has 1 amide bonds. The second kappa shape index (κ2) is 9.57. The summed E-state index contributed by atoms with van der Waals surface area (Å²) in [4.78, 5) is 18.0. The number of nitrogens with zero attached hydrogens (tertiary/aromatic N) is 2. The molecule has 6 heteroatoms. The van der Waals surface area contributed by atoms with Gasteiger partial charge in [-0.25, -0.2) is 0 Å². The Morgan fingerprint density at radius 2 is 1.91 bits per heavy atom. The summed E-state index contributed by atoms with van der Waals surface area (Å²) in [5.74, 6) is 1.03. The molecule has 0 aromatic rings. The van der Waals surface area contributed by atoms with Gasteiger partial charge in [-0.2, -0.15) is 0 Å². The number of amides is 1. The molecule has 0 bridgehead atoms. The van der Waals surface area contributed by atoms with Gasteiger partial charge < -0.3 is 15.5 Å². The van der Waals surface area contributed by atoms with Crippen LogP contribution in [0.5, 0.6) is 0 Å². The molecular formula is C16H31IN4O. The molecule has 0 aromatic carbocycles. The van der Waals surface area contributed by atoms with Crippen molar-refractivity contribution in [2.75, 3.05) is 32.7 Å². The van der Waals surface area contributed by atoms with E-state index in [-0.39, 0.29) is 29.9 Å². The monoisotopic (exact) mass is 422 g/mol. The number of aliphatic imine (C=N–C) groups is 1. The maximum Gasteiger partial charge on any atom is 0.216 e. The molecular weight excluding hydrogens is 391 g/mol. The van der Waals surface area contributed by atoms with Gasteiger partial charge in [-0.3, -0.25) is 9.79 Å². The van der Waals surface area contributed by atoms with E-state index in [0.717, 1.165) is 25.6 Å². The molecule has 2 aliphatic rings. The highest BCUT2D eigenvalue weighted by atomic mass is 127. The van der Waals surface area contributed by atoms with Crippen molar-refractivity contribution in [1.82, 2.24) is 15.5 Å². The first-order valence-electron chi connectivity index (χ1n) is 8.43. The minimum atomic E-state index is 0. The Labute approximate surface area is 151 Å². The molecule has 22 heavy (non-hydrogen) atoms. The van der Waals surface area contributed by atoms with Gasteiger partial charge in [0.05, 0.1) is 6.54 Å². The Balaban J connectivity index is 0.00000242. The number of hydrogen-bond donors (Lipinski definition) is 2. The Hall–Kier alpha value is -0.530. The van der Waals surface area contributed by atoms with E-state index in [1.165, 1.54) is 38.5 Å². The maximum atomic E-state index is 10.9. The third kappa shape index (κ3) is 5.59. The fourth-order valence-electron chi connectivity index (χ4n) is 3.65. The van der Waals surface area contributed by atoms with Crippen LogP contribution in [0.3, 0.4) is 0 Å².